The lowest BCUT2D eigenvalue weighted by molar-refractivity contribution is 0.336. The molecule has 2 rings (SSSR count). The molecule has 1 aliphatic carbocycles. The predicted octanol–water partition coefficient (Wildman–Crippen LogP) is 3.44. The van der Waals surface area contributed by atoms with Gasteiger partial charge in [-0.15, -0.1) is 0 Å². The van der Waals surface area contributed by atoms with Crippen LogP contribution < -0.4 is 4.72 Å². The summed E-state index contributed by atoms with van der Waals surface area (Å²) >= 11 is 3.35. The van der Waals surface area contributed by atoms with Crippen molar-refractivity contribution in [3.05, 3.63) is 29.8 Å². The minimum atomic E-state index is -3.38. The van der Waals surface area contributed by atoms with Gasteiger partial charge in [0, 0.05) is 11.9 Å². The molecule has 1 N–H and O–H groups in total. The van der Waals surface area contributed by atoms with E-state index in [1.807, 2.05) is 12.1 Å². The molecule has 0 aromatic heterocycles. The van der Waals surface area contributed by atoms with Crippen LogP contribution in [0.1, 0.15) is 38.2 Å². The van der Waals surface area contributed by atoms with E-state index in [2.05, 4.69) is 27.6 Å². The number of sulfonamides is 1. The molecule has 0 aliphatic heterocycles. The van der Waals surface area contributed by atoms with Crippen molar-refractivity contribution in [3.63, 3.8) is 0 Å². The Morgan fingerprint density at radius 1 is 1.21 bits per heavy atom. The van der Waals surface area contributed by atoms with Crippen molar-refractivity contribution in [2.45, 2.75) is 42.8 Å². The van der Waals surface area contributed by atoms with Gasteiger partial charge in [0.25, 0.3) is 0 Å². The third-order valence-electron chi connectivity index (χ3n) is 3.89. The smallest absolute Gasteiger partial charge is 0.211 e. The summed E-state index contributed by atoms with van der Waals surface area (Å²) in [5, 5.41) is 0.735. The molecule has 3 nitrogen and oxygen atoms in total. The van der Waals surface area contributed by atoms with Crippen molar-refractivity contribution >= 4 is 26.0 Å². The molecular formula is C14H20BrNO2S. The van der Waals surface area contributed by atoms with Gasteiger partial charge < -0.3 is 0 Å². The highest BCUT2D eigenvalue weighted by Crippen LogP contribution is 2.36. The second-order valence-corrected chi connectivity index (χ2v) is 7.95. The number of nitrogens with one attached hydrogen (secondary N) is 1. The summed E-state index contributed by atoms with van der Waals surface area (Å²) in [5.41, 5.74) is 1.20. The molecule has 5 heteroatoms. The zero-order valence-electron chi connectivity index (χ0n) is 11.2. The molecule has 1 aliphatic rings. The fourth-order valence-electron chi connectivity index (χ4n) is 2.52. The van der Waals surface area contributed by atoms with Crippen LogP contribution in [0, 0.1) is 5.41 Å². The lowest BCUT2D eigenvalue weighted by atomic mass is 9.89. The molecule has 0 amide bonds. The Morgan fingerprint density at radius 3 is 2.32 bits per heavy atom. The molecule has 0 atom stereocenters. The van der Waals surface area contributed by atoms with Crippen molar-refractivity contribution < 1.29 is 8.42 Å². The summed E-state index contributed by atoms with van der Waals surface area (Å²) in [6.07, 6.45) is 4.63. The highest BCUT2D eigenvalue weighted by Gasteiger charge is 2.30. The van der Waals surface area contributed by atoms with Crippen LogP contribution in [0.25, 0.3) is 0 Å². The summed E-state index contributed by atoms with van der Waals surface area (Å²) in [6.45, 7) is 2.70. The molecular weight excluding hydrogens is 326 g/mol. The third kappa shape index (κ3) is 3.80. The van der Waals surface area contributed by atoms with Crippen LogP contribution in [0.15, 0.2) is 29.2 Å². The van der Waals surface area contributed by atoms with Crippen molar-refractivity contribution in [3.8, 4) is 0 Å². The van der Waals surface area contributed by atoms with Crippen LogP contribution in [-0.4, -0.2) is 15.0 Å². The first-order chi connectivity index (χ1) is 8.95. The molecule has 1 aromatic carbocycles. The van der Waals surface area contributed by atoms with E-state index < -0.39 is 10.0 Å². The van der Waals surface area contributed by atoms with Gasteiger partial charge in [0.05, 0.1) is 4.90 Å². The molecule has 0 heterocycles. The molecule has 0 radical (unpaired) electrons. The number of benzene rings is 1. The summed E-state index contributed by atoms with van der Waals surface area (Å²) in [4.78, 5) is 0.346. The second kappa shape index (κ2) is 5.94. The lowest BCUT2D eigenvalue weighted by Crippen LogP contribution is -2.34. The van der Waals surface area contributed by atoms with E-state index in [1.165, 1.54) is 12.8 Å². The first kappa shape index (κ1) is 15.0. The summed E-state index contributed by atoms with van der Waals surface area (Å²) < 4.78 is 27.2. The average molecular weight is 346 g/mol. The summed E-state index contributed by atoms with van der Waals surface area (Å²) in [7, 11) is -3.38. The van der Waals surface area contributed by atoms with Crippen LogP contribution in [0.4, 0.5) is 0 Å². The maximum absolute atomic E-state index is 12.2. The SMILES string of the molecule is CC1(CNS(=O)(=O)c2ccc(CBr)cc2)CCCC1. The molecule has 0 spiro atoms. The van der Waals surface area contributed by atoms with Crippen LogP contribution >= 0.6 is 15.9 Å². The molecule has 19 heavy (non-hydrogen) atoms. The predicted molar refractivity (Wildman–Crippen MR) is 80.8 cm³/mol. The fraction of sp³-hybridized carbons (Fsp3) is 0.571. The normalized spacial score (nSPS) is 18.6. The van der Waals surface area contributed by atoms with E-state index in [0.29, 0.717) is 11.4 Å². The molecule has 0 bridgehead atoms. The summed E-state index contributed by atoms with van der Waals surface area (Å²) in [6, 6.07) is 6.99. The first-order valence-electron chi connectivity index (χ1n) is 6.60. The Labute approximate surface area is 124 Å². The highest BCUT2D eigenvalue weighted by molar-refractivity contribution is 9.08. The van der Waals surface area contributed by atoms with Gasteiger partial charge in [-0.2, -0.15) is 0 Å². The van der Waals surface area contributed by atoms with Gasteiger partial charge >= 0.3 is 0 Å². The van der Waals surface area contributed by atoms with Gasteiger partial charge in [0.2, 0.25) is 10.0 Å². The second-order valence-electron chi connectivity index (χ2n) is 5.62. The van der Waals surface area contributed by atoms with Crippen LogP contribution in [0.5, 0.6) is 0 Å². The van der Waals surface area contributed by atoms with Crippen LogP contribution in [0.3, 0.4) is 0 Å². The van der Waals surface area contributed by atoms with Crippen molar-refractivity contribution in [2.75, 3.05) is 6.54 Å². The van der Waals surface area contributed by atoms with Gasteiger partial charge in [-0.3, -0.25) is 0 Å². The van der Waals surface area contributed by atoms with Crippen LogP contribution in [0.2, 0.25) is 0 Å². The summed E-state index contributed by atoms with van der Waals surface area (Å²) in [5.74, 6) is 0. The average Bonchev–Trinajstić information content (AvgIpc) is 2.84. The van der Waals surface area contributed by atoms with E-state index in [9.17, 15) is 8.42 Å². The zero-order valence-corrected chi connectivity index (χ0v) is 13.6. The van der Waals surface area contributed by atoms with E-state index in [1.54, 1.807) is 12.1 Å². The van der Waals surface area contributed by atoms with Crippen molar-refractivity contribution in [1.29, 1.82) is 0 Å². The Morgan fingerprint density at radius 2 is 1.79 bits per heavy atom. The topological polar surface area (TPSA) is 46.2 Å². The van der Waals surface area contributed by atoms with Gasteiger partial charge in [-0.25, -0.2) is 13.1 Å². The van der Waals surface area contributed by atoms with Gasteiger partial charge in [0.15, 0.2) is 0 Å². The Balaban J connectivity index is 2.05. The Bertz CT molecular complexity index is 519. The monoisotopic (exact) mass is 345 g/mol. The Hall–Kier alpha value is -0.390. The number of rotatable bonds is 5. The van der Waals surface area contributed by atoms with E-state index in [0.717, 1.165) is 23.7 Å². The van der Waals surface area contributed by atoms with Gasteiger partial charge in [-0.1, -0.05) is 47.8 Å². The van der Waals surface area contributed by atoms with Gasteiger partial charge in [-0.05, 0) is 36.0 Å². The maximum Gasteiger partial charge on any atom is 0.240 e. The Kier molecular flexibility index (Phi) is 4.69. The number of hydrogen-bond acceptors (Lipinski definition) is 2. The van der Waals surface area contributed by atoms with Crippen molar-refractivity contribution in [2.24, 2.45) is 5.41 Å². The maximum atomic E-state index is 12.2. The van der Waals surface area contributed by atoms with E-state index in [4.69, 9.17) is 0 Å². The standard InChI is InChI=1S/C14H20BrNO2S/c1-14(8-2-3-9-14)11-16-19(17,18)13-6-4-12(10-15)5-7-13/h4-7,16H,2-3,8-11H2,1H3. The quantitative estimate of drug-likeness (QED) is 0.830. The van der Waals surface area contributed by atoms with Gasteiger partial charge in [0.1, 0.15) is 0 Å². The van der Waals surface area contributed by atoms with Crippen LogP contribution in [-0.2, 0) is 15.4 Å². The zero-order chi connectivity index (χ0) is 13.9. The largest absolute Gasteiger partial charge is 0.240 e. The highest BCUT2D eigenvalue weighted by atomic mass is 79.9. The number of halogens is 1. The molecule has 0 saturated heterocycles. The number of alkyl halides is 1. The molecule has 0 unspecified atom stereocenters. The first-order valence-corrected chi connectivity index (χ1v) is 9.20. The molecule has 106 valence electrons. The molecule has 1 fully saturated rings. The van der Waals surface area contributed by atoms with E-state index >= 15 is 0 Å². The fourth-order valence-corrected chi connectivity index (χ4v) is 4.09. The van der Waals surface area contributed by atoms with E-state index in [-0.39, 0.29) is 5.41 Å². The minimum absolute atomic E-state index is 0.128. The molecule has 1 saturated carbocycles. The number of hydrogen-bond donors (Lipinski definition) is 1. The minimum Gasteiger partial charge on any atom is -0.211 e. The third-order valence-corrected chi connectivity index (χ3v) is 5.95. The van der Waals surface area contributed by atoms with Crippen molar-refractivity contribution in [1.82, 2.24) is 4.72 Å². The molecule has 1 aromatic rings. The lowest BCUT2D eigenvalue weighted by Gasteiger charge is -2.23.